The van der Waals surface area contributed by atoms with Crippen molar-refractivity contribution >= 4 is 6.08 Å². The highest BCUT2D eigenvalue weighted by Gasteiger charge is 2.54. The van der Waals surface area contributed by atoms with Crippen LogP contribution in [0.2, 0.25) is 0 Å². The van der Waals surface area contributed by atoms with Gasteiger partial charge in [-0.2, -0.15) is 0 Å². The lowest BCUT2D eigenvalue weighted by Gasteiger charge is -2.58. The Labute approximate surface area is 185 Å². The minimum Gasteiger partial charge on any atom is -0.306 e. The van der Waals surface area contributed by atoms with Crippen LogP contribution in [0.5, 0.6) is 0 Å². The summed E-state index contributed by atoms with van der Waals surface area (Å²) >= 11 is 0. The van der Waals surface area contributed by atoms with Crippen molar-refractivity contribution in [2.75, 3.05) is 6.54 Å². The summed E-state index contributed by atoms with van der Waals surface area (Å²) in [5.41, 5.74) is 5.35. The number of benzene rings is 1. The van der Waals surface area contributed by atoms with Gasteiger partial charge in [0.25, 0.3) is 0 Å². The summed E-state index contributed by atoms with van der Waals surface area (Å²) in [6.45, 7) is 3.48. The van der Waals surface area contributed by atoms with Gasteiger partial charge in [-0.15, -0.1) is 0 Å². The zero-order valence-electron chi connectivity index (χ0n) is 19.3. The van der Waals surface area contributed by atoms with Crippen molar-refractivity contribution in [2.24, 2.45) is 23.2 Å². The third kappa shape index (κ3) is 4.16. The van der Waals surface area contributed by atoms with Gasteiger partial charge in [0.2, 0.25) is 0 Å². The molecular formula is C29H43N. The molecule has 0 radical (unpaired) electrons. The van der Waals surface area contributed by atoms with E-state index in [2.05, 4.69) is 42.6 Å². The van der Waals surface area contributed by atoms with E-state index in [0.717, 1.165) is 17.8 Å². The van der Waals surface area contributed by atoms with Crippen LogP contribution in [0.4, 0.5) is 0 Å². The molecule has 1 nitrogen and oxygen atoms in total. The molecule has 0 saturated heterocycles. The number of fused-ring (bicyclic) bond motifs is 1. The van der Waals surface area contributed by atoms with Crippen molar-refractivity contribution in [1.29, 1.82) is 0 Å². The van der Waals surface area contributed by atoms with E-state index < -0.39 is 0 Å². The molecule has 1 aromatic rings. The van der Waals surface area contributed by atoms with Crippen molar-refractivity contribution in [2.45, 2.75) is 103 Å². The monoisotopic (exact) mass is 405 g/mol. The summed E-state index contributed by atoms with van der Waals surface area (Å²) in [6, 6.07) is 9.72. The van der Waals surface area contributed by atoms with Crippen molar-refractivity contribution in [3.05, 3.63) is 41.0 Å². The van der Waals surface area contributed by atoms with E-state index in [1.807, 2.05) is 0 Å². The average molecular weight is 406 g/mol. The lowest BCUT2D eigenvalue weighted by molar-refractivity contribution is -0.0331. The molecule has 30 heavy (non-hydrogen) atoms. The third-order valence-electron chi connectivity index (χ3n) is 8.96. The second-order valence-electron chi connectivity index (χ2n) is 11.3. The molecule has 0 aliphatic heterocycles. The first-order chi connectivity index (χ1) is 14.8. The van der Waals surface area contributed by atoms with Crippen LogP contribution in [-0.4, -0.2) is 6.54 Å². The van der Waals surface area contributed by atoms with Crippen LogP contribution in [0.15, 0.2) is 29.8 Å². The Kier molecular flexibility index (Phi) is 6.37. The zero-order chi connectivity index (χ0) is 20.4. The van der Waals surface area contributed by atoms with E-state index in [4.69, 9.17) is 0 Å². The summed E-state index contributed by atoms with van der Waals surface area (Å²) < 4.78 is 0. The van der Waals surface area contributed by atoms with Gasteiger partial charge in [-0.3, -0.25) is 0 Å². The third-order valence-corrected chi connectivity index (χ3v) is 8.96. The number of nitrogens with one attached hydrogen (secondary N) is 1. The maximum absolute atomic E-state index is 4.06. The van der Waals surface area contributed by atoms with E-state index in [9.17, 15) is 0 Å². The van der Waals surface area contributed by atoms with Crippen molar-refractivity contribution in [3.63, 3.8) is 0 Å². The van der Waals surface area contributed by atoms with Gasteiger partial charge in [0.1, 0.15) is 0 Å². The van der Waals surface area contributed by atoms with Crippen molar-refractivity contribution in [3.8, 4) is 0 Å². The largest absolute Gasteiger partial charge is 0.306 e. The molecule has 0 spiro atoms. The van der Waals surface area contributed by atoms with Crippen LogP contribution in [0.25, 0.3) is 6.08 Å². The van der Waals surface area contributed by atoms with E-state index in [0.29, 0.717) is 11.5 Å². The van der Waals surface area contributed by atoms with Crippen LogP contribution in [0.1, 0.15) is 114 Å². The predicted octanol–water partition coefficient (Wildman–Crippen LogP) is 8.07. The highest BCUT2D eigenvalue weighted by Crippen LogP contribution is 2.65. The summed E-state index contributed by atoms with van der Waals surface area (Å²) in [6.07, 6.45) is 22.9. The van der Waals surface area contributed by atoms with Gasteiger partial charge in [0.05, 0.1) is 6.04 Å². The summed E-state index contributed by atoms with van der Waals surface area (Å²) in [5.74, 6) is 3.07. The predicted molar refractivity (Wildman–Crippen MR) is 128 cm³/mol. The van der Waals surface area contributed by atoms with Crippen LogP contribution in [0, 0.1) is 23.2 Å². The molecule has 4 fully saturated rings. The molecule has 5 aliphatic carbocycles. The van der Waals surface area contributed by atoms with Crippen LogP contribution in [0.3, 0.4) is 0 Å². The van der Waals surface area contributed by atoms with Gasteiger partial charge in [-0.1, -0.05) is 82.2 Å². The van der Waals surface area contributed by atoms with Crippen molar-refractivity contribution in [1.82, 2.24) is 5.32 Å². The van der Waals surface area contributed by atoms with Gasteiger partial charge in [0.15, 0.2) is 0 Å². The average Bonchev–Trinajstić information content (AvgIpc) is 3.11. The normalized spacial score (nSPS) is 33.7. The first kappa shape index (κ1) is 20.8. The zero-order valence-corrected chi connectivity index (χ0v) is 19.3. The number of hydrogen-bond donors (Lipinski definition) is 1. The smallest absolute Gasteiger partial charge is 0.0550 e. The highest BCUT2D eigenvalue weighted by atomic mass is 14.9. The number of hydrogen-bond acceptors (Lipinski definition) is 1. The molecule has 5 aliphatic rings. The molecule has 1 unspecified atom stereocenters. The fourth-order valence-corrected chi connectivity index (χ4v) is 7.97. The van der Waals surface area contributed by atoms with Gasteiger partial charge in [-0.25, -0.2) is 0 Å². The van der Waals surface area contributed by atoms with E-state index in [-0.39, 0.29) is 0 Å². The molecule has 0 amide bonds. The van der Waals surface area contributed by atoms with Gasteiger partial charge in [0, 0.05) is 0 Å². The SMILES string of the molecule is CCCCCCCCCCNC1C(C23CC4CC(CC(C4)C2)C3)=Cc2ccccc21. The molecule has 1 aromatic carbocycles. The fourth-order valence-electron chi connectivity index (χ4n) is 7.97. The van der Waals surface area contributed by atoms with Crippen LogP contribution >= 0.6 is 0 Å². The molecule has 164 valence electrons. The Morgan fingerprint density at radius 2 is 1.40 bits per heavy atom. The minimum atomic E-state index is 0.488. The standard InChI is InChI=1S/C29H43N/c1-2-3-4-5-6-7-8-11-14-30-28-26-13-10-9-12-25(26)18-27(28)29-19-22-15-23(20-29)17-24(16-22)21-29/h9-10,12-13,18,22-24,28,30H,2-8,11,14-17,19-21H2,1H3. The highest BCUT2D eigenvalue weighted by molar-refractivity contribution is 5.68. The van der Waals surface area contributed by atoms with Gasteiger partial charge < -0.3 is 5.32 Å². The van der Waals surface area contributed by atoms with Crippen molar-refractivity contribution < 1.29 is 0 Å². The summed E-state index contributed by atoms with van der Waals surface area (Å²) in [7, 11) is 0. The Morgan fingerprint density at radius 3 is 2.07 bits per heavy atom. The first-order valence-corrected chi connectivity index (χ1v) is 13.3. The van der Waals surface area contributed by atoms with E-state index in [1.165, 1.54) is 102 Å². The molecule has 1 atom stereocenters. The minimum absolute atomic E-state index is 0.488. The molecule has 0 heterocycles. The number of rotatable bonds is 11. The lowest BCUT2D eigenvalue weighted by atomic mass is 9.47. The van der Waals surface area contributed by atoms with E-state index >= 15 is 0 Å². The molecule has 4 saturated carbocycles. The summed E-state index contributed by atoms with van der Waals surface area (Å²) in [4.78, 5) is 0. The summed E-state index contributed by atoms with van der Waals surface area (Å²) in [5, 5.41) is 4.06. The first-order valence-electron chi connectivity index (χ1n) is 13.3. The molecular weight excluding hydrogens is 362 g/mol. The molecule has 6 rings (SSSR count). The van der Waals surface area contributed by atoms with E-state index in [1.54, 1.807) is 11.1 Å². The Hall–Kier alpha value is -1.08. The maximum atomic E-state index is 4.06. The topological polar surface area (TPSA) is 12.0 Å². The maximum Gasteiger partial charge on any atom is 0.0550 e. The quantitative estimate of drug-likeness (QED) is 0.367. The fraction of sp³-hybridized carbons (Fsp3) is 0.724. The van der Waals surface area contributed by atoms with Crippen LogP contribution in [-0.2, 0) is 0 Å². The second kappa shape index (κ2) is 9.19. The van der Waals surface area contributed by atoms with Gasteiger partial charge in [-0.05, 0) is 91.4 Å². The second-order valence-corrected chi connectivity index (χ2v) is 11.3. The van der Waals surface area contributed by atoms with Crippen LogP contribution < -0.4 is 5.32 Å². The van der Waals surface area contributed by atoms with Gasteiger partial charge >= 0.3 is 0 Å². The Morgan fingerprint density at radius 1 is 0.800 bits per heavy atom. The number of unbranched alkanes of at least 4 members (excludes halogenated alkanes) is 7. The Balaban J connectivity index is 1.20. The molecule has 4 bridgehead atoms. The Bertz CT molecular complexity index is 709. The molecule has 0 aromatic heterocycles. The molecule has 1 N–H and O–H groups in total. The lowest BCUT2D eigenvalue weighted by Crippen LogP contribution is -2.48. The molecule has 1 heteroatoms.